The van der Waals surface area contributed by atoms with E-state index in [-0.39, 0.29) is 0 Å². The smallest absolute Gasteiger partial charge is 0.465 e. The summed E-state index contributed by atoms with van der Waals surface area (Å²) in [6.45, 7) is 2.21. The summed E-state index contributed by atoms with van der Waals surface area (Å²) in [6.07, 6.45) is -0.961. The molecule has 0 fully saturated rings. The number of nitrogens with one attached hydrogen (secondary N) is 1. The average Bonchev–Trinajstić information content (AvgIpc) is 1.58. The van der Waals surface area contributed by atoms with Gasteiger partial charge in [0.15, 0.2) is 0 Å². The molecule has 0 aliphatic rings. The first kappa shape index (κ1) is 13.0. The molecule has 0 aliphatic carbocycles. The Morgan fingerprint density at radius 1 is 1.55 bits per heavy atom. The van der Waals surface area contributed by atoms with E-state index >= 15 is 0 Å². The zero-order valence-electron chi connectivity index (χ0n) is 5.72. The topological polar surface area (TPSA) is 127 Å². The molecule has 0 aliphatic heterocycles. The van der Waals surface area contributed by atoms with Crippen molar-refractivity contribution in [1.29, 1.82) is 0 Å². The normalized spacial score (nSPS) is 9.45. The van der Waals surface area contributed by atoms with E-state index in [1.807, 2.05) is 0 Å². The number of amides is 1. The van der Waals surface area contributed by atoms with Gasteiger partial charge in [-0.2, -0.15) is 0 Å². The first-order chi connectivity index (χ1) is 4.77. The van der Waals surface area contributed by atoms with Gasteiger partial charge in [0.25, 0.3) is 0 Å². The summed E-state index contributed by atoms with van der Waals surface area (Å²) in [4.78, 5) is 32.4. The third kappa shape index (κ3) is 90.2. The second-order valence-electron chi connectivity index (χ2n) is 1.33. The van der Waals surface area contributed by atoms with Crippen LogP contribution >= 0.6 is 7.82 Å². The summed E-state index contributed by atoms with van der Waals surface area (Å²) in [6, 6.07) is 0. The predicted molar refractivity (Wildman–Crippen MR) is 34.4 cm³/mol. The Bertz CT molecular complexity index is 144. The van der Waals surface area contributed by atoms with E-state index < -0.39 is 13.9 Å². The highest BCUT2D eigenvalue weighted by Crippen LogP contribution is 2.27. The molecule has 0 aromatic carbocycles. The van der Waals surface area contributed by atoms with E-state index in [4.69, 9.17) is 24.4 Å². The molecule has 0 atom stereocenters. The van der Waals surface area contributed by atoms with Crippen molar-refractivity contribution < 1.29 is 29.1 Å². The quantitative estimate of drug-likeness (QED) is 0.421. The van der Waals surface area contributed by atoms with Crippen molar-refractivity contribution in [2.75, 3.05) is 6.54 Å². The van der Waals surface area contributed by atoms with E-state index in [9.17, 15) is 4.79 Å². The van der Waals surface area contributed by atoms with Crippen LogP contribution in [0.3, 0.4) is 0 Å². The summed E-state index contributed by atoms with van der Waals surface area (Å²) >= 11 is 0. The molecule has 67 valence electrons. The number of hydrogen-bond acceptors (Lipinski definition) is 2. The van der Waals surface area contributed by atoms with Crippen LogP contribution in [0.15, 0.2) is 0 Å². The van der Waals surface area contributed by atoms with Crippen molar-refractivity contribution in [2.45, 2.75) is 6.92 Å². The highest BCUT2D eigenvalue weighted by molar-refractivity contribution is 7.44. The predicted octanol–water partition coefficient (Wildman–Crippen LogP) is -0.216. The summed E-state index contributed by atoms with van der Waals surface area (Å²) in [5.74, 6) is 0. The van der Waals surface area contributed by atoms with E-state index in [2.05, 4.69) is 5.32 Å². The van der Waals surface area contributed by atoms with Crippen molar-refractivity contribution in [2.24, 2.45) is 0 Å². The molecule has 7 nitrogen and oxygen atoms in total. The number of carbonyl (C=O) groups is 1. The SMILES string of the molecule is CCNC(=O)O.[O]P(=O)(O)O. The molecule has 1 amide bonds. The second kappa shape index (κ2) is 6.11. The van der Waals surface area contributed by atoms with Gasteiger partial charge in [-0.25, -0.2) is 9.36 Å². The Kier molecular flexibility index (Phi) is 7.23. The summed E-state index contributed by atoms with van der Waals surface area (Å²) in [5.41, 5.74) is 0. The molecule has 0 saturated heterocycles. The van der Waals surface area contributed by atoms with Crippen molar-refractivity contribution in [1.82, 2.24) is 5.32 Å². The molecule has 0 heterocycles. The fraction of sp³-hybridized carbons (Fsp3) is 0.667. The van der Waals surface area contributed by atoms with Gasteiger partial charge in [-0.05, 0) is 6.92 Å². The minimum atomic E-state index is -4.89. The molecule has 0 aromatic heterocycles. The van der Waals surface area contributed by atoms with Crippen LogP contribution in [0.2, 0.25) is 0 Å². The van der Waals surface area contributed by atoms with Crippen LogP contribution in [0.25, 0.3) is 0 Å². The highest BCUT2D eigenvalue weighted by atomic mass is 31.2. The maximum Gasteiger partial charge on any atom is 0.497 e. The molecule has 0 rings (SSSR count). The minimum Gasteiger partial charge on any atom is -0.465 e. The van der Waals surface area contributed by atoms with Gasteiger partial charge in [-0.15, -0.1) is 4.89 Å². The number of carboxylic acid groups (broad SMARTS) is 1. The Morgan fingerprint density at radius 3 is 1.82 bits per heavy atom. The Morgan fingerprint density at radius 2 is 1.82 bits per heavy atom. The van der Waals surface area contributed by atoms with E-state index in [0.717, 1.165) is 0 Å². The number of hydrogen-bond donors (Lipinski definition) is 4. The van der Waals surface area contributed by atoms with E-state index in [0.29, 0.717) is 6.54 Å². The number of rotatable bonds is 1. The summed E-state index contributed by atoms with van der Waals surface area (Å²) in [5, 5.41) is 9.93. The lowest BCUT2D eigenvalue weighted by molar-refractivity contribution is 0.195. The maximum absolute atomic E-state index is 9.49. The van der Waals surface area contributed by atoms with Gasteiger partial charge < -0.3 is 20.2 Å². The van der Waals surface area contributed by atoms with Crippen LogP contribution in [0, 0.1) is 0 Å². The third-order valence-electron chi connectivity index (χ3n) is 0.328. The standard InChI is InChI=1S/C3H7NO2.H2O4P/c1-2-4-3(5)6;1-5(2,3)4/h4H,2H2,1H3,(H,5,6);(H2,1,2,3). The van der Waals surface area contributed by atoms with Crippen molar-refractivity contribution in [3.63, 3.8) is 0 Å². The lowest BCUT2D eigenvalue weighted by atomic mass is 10.8. The Balaban J connectivity index is 0. The van der Waals surface area contributed by atoms with E-state index in [1.54, 1.807) is 6.92 Å². The van der Waals surface area contributed by atoms with Gasteiger partial charge in [0.1, 0.15) is 0 Å². The van der Waals surface area contributed by atoms with Crippen molar-refractivity contribution in [3.8, 4) is 0 Å². The molecule has 8 heteroatoms. The van der Waals surface area contributed by atoms with Crippen LogP contribution in [0.4, 0.5) is 4.79 Å². The van der Waals surface area contributed by atoms with E-state index in [1.165, 1.54) is 0 Å². The molecule has 0 unspecified atom stereocenters. The molecule has 11 heavy (non-hydrogen) atoms. The van der Waals surface area contributed by atoms with Gasteiger partial charge in [0.2, 0.25) is 0 Å². The molecular formula is C3H9NO6P. The van der Waals surface area contributed by atoms with Crippen LogP contribution in [-0.2, 0) is 9.46 Å². The largest absolute Gasteiger partial charge is 0.497 e. The third-order valence-corrected chi connectivity index (χ3v) is 0.328. The van der Waals surface area contributed by atoms with Crippen LogP contribution in [-0.4, -0.2) is 27.5 Å². The van der Waals surface area contributed by atoms with Crippen LogP contribution in [0.1, 0.15) is 6.92 Å². The van der Waals surface area contributed by atoms with Crippen molar-refractivity contribution in [3.05, 3.63) is 0 Å². The Labute approximate surface area is 62.9 Å². The monoisotopic (exact) mass is 186 g/mol. The van der Waals surface area contributed by atoms with Gasteiger partial charge in [-0.3, -0.25) is 0 Å². The van der Waals surface area contributed by atoms with Gasteiger partial charge in [0, 0.05) is 6.54 Å². The van der Waals surface area contributed by atoms with Gasteiger partial charge >= 0.3 is 13.9 Å². The molecule has 0 saturated carbocycles. The molecule has 0 aromatic rings. The average molecular weight is 186 g/mol. The zero-order valence-corrected chi connectivity index (χ0v) is 6.62. The van der Waals surface area contributed by atoms with Crippen LogP contribution in [0.5, 0.6) is 0 Å². The molecule has 0 bridgehead atoms. The molecule has 4 N–H and O–H groups in total. The molecule has 1 radical (unpaired) electrons. The fourth-order valence-electron chi connectivity index (χ4n) is 0.151. The first-order valence-electron chi connectivity index (χ1n) is 2.50. The first-order valence-corrected chi connectivity index (χ1v) is 4.03. The maximum atomic E-state index is 9.49. The summed E-state index contributed by atoms with van der Waals surface area (Å²) in [7, 11) is -4.89. The van der Waals surface area contributed by atoms with Crippen LogP contribution < -0.4 is 5.32 Å². The molecule has 0 spiro atoms. The van der Waals surface area contributed by atoms with Gasteiger partial charge in [-0.1, -0.05) is 0 Å². The van der Waals surface area contributed by atoms with Crippen molar-refractivity contribution >= 4 is 13.9 Å². The minimum absolute atomic E-state index is 0.481. The lowest BCUT2D eigenvalue weighted by Crippen LogP contribution is -2.19. The second-order valence-corrected chi connectivity index (χ2v) is 2.31. The summed E-state index contributed by atoms with van der Waals surface area (Å²) < 4.78 is 8.77. The highest BCUT2D eigenvalue weighted by Gasteiger charge is 2.04. The Hall–Kier alpha value is -0.620. The van der Waals surface area contributed by atoms with Gasteiger partial charge in [0.05, 0.1) is 0 Å². The molecular weight excluding hydrogens is 177 g/mol. The fourth-order valence-corrected chi connectivity index (χ4v) is 0.151. The lowest BCUT2D eigenvalue weighted by Gasteiger charge is -1.87. The zero-order chi connectivity index (χ0) is 9.49.